The summed E-state index contributed by atoms with van der Waals surface area (Å²) in [6.45, 7) is 7.57. The number of guanidine groups is 1. The molecule has 30 heavy (non-hydrogen) atoms. The van der Waals surface area contributed by atoms with Crippen molar-refractivity contribution >= 4 is 11.6 Å². The maximum absolute atomic E-state index is 6.17. The highest BCUT2D eigenvalue weighted by molar-refractivity contribution is 5.92. The predicted octanol–water partition coefficient (Wildman–Crippen LogP) is 4.01. The average Bonchev–Trinajstić information content (AvgIpc) is 2.98. The van der Waals surface area contributed by atoms with Crippen molar-refractivity contribution in [3.8, 4) is 11.5 Å². The molecule has 2 aromatic carbocycles. The Labute approximate surface area is 179 Å². The maximum atomic E-state index is 6.17. The number of fused-ring (bicyclic) bond motifs is 1. The molecule has 4 rings (SSSR count). The lowest BCUT2D eigenvalue weighted by Crippen LogP contribution is -2.34. The quantitative estimate of drug-likeness (QED) is 0.578. The number of aliphatic imine (C=N–C) groups is 1. The van der Waals surface area contributed by atoms with Gasteiger partial charge in [0, 0.05) is 31.3 Å². The summed E-state index contributed by atoms with van der Waals surface area (Å²) in [5, 5.41) is 3.17. The molecule has 6 heteroatoms. The second-order valence-corrected chi connectivity index (χ2v) is 8.29. The largest absolute Gasteiger partial charge is 0.490 e. The van der Waals surface area contributed by atoms with Crippen molar-refractivity contribution in [3.63, 3.8) is 0 Å². The van der Waals surface area contributed by atoms with Gasteiger partial charge in [0.2, 0.25) is 0 Å². The fourth-order valence-electron chi connectivity index (χ4n) is 4.14. The van der Waals surface area contributed by atoms with Gasteiger partial charge in [-0.05, 0) is 48.6 Å². The van der Waals surface area contributed by atoms with E-state index in [2.05, 4.69) is 46.4 Å². The highest BCUT2D eigenvalue weighted by Crippen LogP contribution is 2.32. The molecule has 0 aliphatic carbocycles. The van der Waals surface area contributed by atoms with Gasteiger partial charge in [0.15, 0.2) is 17.5 Å². The number of nitrogens with zero attached hydrogens (tertiary/aromatic N) is 2. The third-order valence-electron chi connectivity index (χ3n) is 5.69. The van der Waals surface area contributed by atoms with Gasteiger partial charge in [0.25, 0.3) is 0 Å². The molecule has 0 amide bonds. The highest BCUT2D eigenvalue weighted by atomic mass is 16.5. The first-order chi connectivity index (χ1) is 14.7. The van der Waals surface area contributed by atoms with Crippen LogP contribution >= 0.6 is 0 Å². The number of piperidine rings is 1. The normalized spacial score (nSPS) is 19.9. The number of benzene rings is 2. The van der Waals surface area contributed by atoms with E-state index in [-0.39, 0.29) is 0 Å². The number of likely N-dealkylation sites (tertiary alicyclic amines) is 1. The number of nitrogens with one attached hydrogen (secondary N) is 1. The first-order valence-corrected chi connectivity index (χ1v) is 10.9. The zero-order valence-electron chi connectivity index (χ0n) is 17.8. The van der Waals surface area contributed by atoms with Gasteiger partial charge in [-0.2, -0.15) is 0 Å². The van der Waals surface area contributed by atoms with Crippen LogP contribution in [0.3, 0.4) is 0 Å². The van der Waals surface area contributed by atoms with Crippen LogP contribution in [-0.2, 0) is 13.1 Å². The molecule has 0 saturated carbocycles. The van der Waals surface area contributed by atoms with Crippen molar-refractivity contribution in [3.05, 3.63) is 53.6 Å². The molecule has 0 bridgehead atoms. The van der Waals surface area contributed by atoms with E-state index in [1.165, 1.54) is 37.1 Å². The molecule has 2 aromatic rings. The summed E-state index contributed by atoms with van der Waals surface area (Å²) in [5.74, 6) is 2.69. The summed E-state index contributed by atoms with van der Waals surface area (Å²) < 4.78 is 11.4. The van der Waals surface area contributed by atoms with E-state index in [1.54, 1.807) is 0 Å². The van der Waals surface area contributed by atoms with Gasteiger partial charge in [-0.15, -0.1) is 0 Å². The SMILES string of the molecule is CC1CCCN(Cc2ccccc2CN=C(N)Nc2ccc3c(c2)OCCCO3)C1. The van der Waals surface area contributed by atoms with Crippen molar-refractivity contribution < 1.29 is 9.47 Å². The van der Waals surface area contributed by atoms with Crippen LogP contribution in [0.5, 0.6) is 11.5 Å². The molecule has 0 spiro atoms. The average molecular weight is 409 g/mol. The summed E-state index contributed by atoms with van der Waals surface area (Å²) in [6.07, 6.45) is 3.51. The molecule has 1 unspecified atom stereocenters. The van der Waals surface area contributed by atoms with Crippen LogP contribution in [0.2, 0.25) is 0 Å². The lowest BCUT2D eigenvalue weighted by Gasteiger charge is -2.31. The number of ether oxygens (including phenoxy) is 2. The maximum Gasteiger partial charge on any atom is 0.193 e. The standard InChI is InChI=1S/C24H32N4O2/c1-18-6-4-11-28(16-18)17-20-8-3-2-7-19(20)15-26-24(25)27-21-9-10-22-23(14-21)30-13-5-12-29-22/h2-3,7-10,14,18H,4-6,11-13,15-17H2,1H3,(H3,25,26,27). The number of rotatable bonds is 5. The molecule has 160 valence electrons. The third-order valence-corrected chi connectivity index (χ3v) is 5.69. The predicted molar refractivity (Wildman–Crippen MR) is 121 cm³/mol. The van der Waals surface area contributed by atoms with E-state index in [4.69, 9.17) is 15.2 Å². The molecule has 6 nitrogen and oxygen atoms in total. The van der Waals surface area contributed by atoms with Gasteiger partial charge in [0.1, 0.15) is 0 Å². The van der Waals surface area contributed by atoms with E-state index in [0.717, 1.165) is 36.1 Å². The number of hydrogen-bond donors (Lipinski definition) is 2. The van der Waals surface area contributed by atoms with Gasteiger partial charge >= 0.3 is 0 Å². The molecule has 2 aliphatic heterocycles. The van der Waals surface area contributed by atoms with Crippen molar-refractivity contribution in [1.29, 1.82) is 0 Å². The highest BCUT2D eigenvalue weighted by Gasteiger charge is 2.17. The van der Waals surface area contributed by atoms with Crippen molar-refractivity contribution in [1.82, 2.24) is 4.90 Å². The fraction of sp³-hybridized carbons (Fsp3) is 0.458. The summed E-state index contributed by atoms with van der Waals surface area (Å²) in [7, 11) is 0. The van der Waals surface area contributed by atoms with Gasteiger partial charge in [-0.25, -0.2) is 4.99 Å². The summed E-state index contributed by atoms with van der Waals surface area (Å²) in [5.41, 5.74) is 9.57. The molecule has 0 radical (unpaired) electrons. The number of anilines is 1. The molecule has 2 heterocycles. The first-order valence-electron chi connectivity index (χ1n) is 10.9. The van der Waals surface area contributed by atoms with E-state index < -0.39 is 0 Å². The Balaban J connectivity index is 1.39. The molecule has 0 aromatic heterocycles. The van der Waals surface area contributed by atoms with E-state index >= 15 is 0 Å². The minimum Gasteiger partial charge on any atom is -0.490 e. The Morgan fingerprint density at radius 3 is 2.73 bits per heavy atom. The van der Waals surface area contributed by atoms with Gasteiger partial charge in [0.05, 0.1) is 19.8 Å². The summed E-state index contributed by atoms with van der Waals surface area (Å²) >= 11 is 0. The minimum absolute atomic E-state index is 0.394. The van der Waals surface area contributed by atoms with Crippen LogP contribution in [0.25, 0.3) is 0 Å². The summed E-state index contributed by atoms with van der Waals surface area (Å²) in [6, 6.07) is 14.3. The molecule has 1 fully saturated rings. The first kappa shape index (κ1) is 20.5. The van der Waals surface area contributed by atoms with Crippen LogP contribution in [0.1, 0.15) is 37.3 Å². The van der Waals surface area contributed by atoms with Crippen LogP contribution in [0.4, 0.5) is 5.69 Å². The zero-order chi connectivity index (χ0) is 20.8. The van der Waals surface area contributed by atoms with Crippen LogP contribution in [0.15, 0.2) is 47.5 Å². The van der Waals surface area contributed by atoms with Crippen molar-refractivity contribution in [2.45, 2.75) is 39.3 Å². The van der Waals surface area contributed by atoms with Crippen LogP contribution < -0.4 is 20.5 Å². The Morgan fingerprint density at radius 2 is 1.90 bits per heavy atom. The molecular formula is C24H32N4O2. The van der Waals surface area contributed by atoms with Crippen molar-refractivity contribution in [2.75, 3.05) is 31.6 Å². The smallest absolute Gasteiger partial charge is 0.193 e. The van der Waals surface area contributed by atoms with Crippen LogP contribution in [0, 0.1) is 5.92 Å². The topological polar surface area (TPSA) is 72.1 Å². The Morgan fingerprint density at radius 1 is 1.10 bits per heavy atom. The molecular weight excluding hydrogens is 376 g/mol. The van der Waals surface area contributed by atoms with Gasteiger partial charge < -0.3 is 20.5 Å². The molecule has 2 aliphatic rings. The van der Waals surface area contributed by atoms with E-state index in [9.17, 15) is 0 Å². The minimum atomic E-state index is 0.394. The Bertz CT molecular complexity index is 883. The second kappa shape index (κ2) is 9.85. The monoisotopic (exact) mass is 408 g/mol. The lowest BCUT2D eigenvalue weighted by atomic mass is 9.99. The molecule has 3 N–H and O–H groups in total. The molecule has 1 atom stereocenters. The Hall–Kier alpha value is -2.73. The number of nitrogens with two attached hydrogens (primary N) is 1. The molecule has 1 saturated heterocycles. The van der Waals surface area contributed by atoms with Crippen molar-refractivity contribution in [2.24, 2.45) is 16.6 Å². The second-order valence-electron chi connectivity index (χ2n) is 8.29. The third kappa shape index (κ3) is 5.45. The Kier molecular flexibility index (Phi) is 6.74. The number of hydrogen-bond acceptors (Lipinski definition) is 4. The summed E-state index contributed by atoms with van der Waals surface area (Å²) in [4.78, 5) is 7.13. The van der Waals surface area contributed by atoms with Gasteiger partial charge in [-0.1, -0.05) is 31.2 Å². The zero-order valence-corrected chi connectivity index (χ0v) is 17.8. The fourth-order valence-corrected chi connectivity index (χ4v) is 4.14. The van der Waals surface area contributed by atoms with E-state index in [1.807, 2.05) is 18.2 Å². The van der Waals surface area contributed by atoms with Crippen LogP contribution in [-0.4, -0.2) is 37.2 Å². The van der Waals surface area contributed by atoms with E-state index in [0.29, 0.717) is 25.7 Å². The van der Waals surface area contributed by atoms with Gasteiger partial charge in [-0.3, -0.25) is 4.90 Å². The lowest BCUT2D eigenvalue weighted by molar-refractivity contribution is 0.176.